The smallest absolute Gasteiger partial charge is 0.0785 e. The summed E-state index contributed by atoms with van der Waals surface area (Å²) in [5.41, 5.74) is 4.66. The van der Waals surface area contributed by atoms with Gasteiger partial charge < -0.3 is 15.2 Å². The zero-order valence-electron chi connectivity index (χ0n) is 12.7. The molecule has 1 rings (SSSR count). The van der Waals surface area contributed by atoms with Gasteiger partial charge in [-0.1, -0.05) is 0 Å². The molecule has 0 saturated carbocycles. The van der Waals surface area contributed by atoms with E-state index in [2.05, 4.69) is 30.2 Å². The van der Waals surface area contributed by atoms with Crippen molar-refractivity contribution in [2.45, 2.75) is 46.3 Å². The number of nitrogens with one attached hydrogen (secondary N) is 1. The van der Waals surface area contributed by atoms with Gasteiger partial charge in [-0.3, -0.25) is 4.98 Å². The molecule has 0 aliphatic carbocycles. The minimum atomic E-state index is -0.400. The van der Waals surface area contributed by atoms with Crippen molar-refractivity contribution in [2.75, 3.05) is 20.3 Å². The third-order valence-electron chi connectivity index (χ3n) is 3.30. The van der Waals surface area contributed by atoms with Crippen LogP contribution >= 0.6 is 0 Å². The van der Waals surface area contributed by atoms with Gasteiger partial charge in [0.15, 0.2) is 0 Å². The van der Waals surface area contributed by atoms with E-state index < -0.39 is 6.10 Å². The summed E-state index contributed by atoms with van der Waals surface area (Å²) in [6.45, 7) is 9.47. The maximum absolute atomic E-state index is 9.60. The van der Waals surface area contributed by atoms with Gasteiger partial charge in [0.2, 0.25) is 0 Å². The minimum absolute atomic E-state index is 0.239. The molecule has 0 saturated heterocycles. The van der Waals surface area contributed by atoms with E-state index in [0.29, 0.717) is 13.0 Å². The first kappa shape index (κ1) is 16.1. The molecule has 19 heavy (non-hydrogen) atoms. The first-order chi connectivity index (χ1) is 8.95. The number of rotatable bonds is 7. The van der Waals surface area contributed by atoms with E-state index in [9.17, 15) is 5.11 Å². The van der Waals surface area contributed by atoms with Crippen LogP contribution in [0.1, 0.15) is 41.9 Å². The number of nitrogens with zero attached hydrogens (tertiary/aromatic N) is 1. The predicted octanol–water partition coefficient (Wildman–Crippen LogP) is 2.05. The molecule has 0 aromatic carbocycles. The maximum Gasteiger partial charge on any atom is 0.0785 e. The molecule has 0 aliphatic heterocycles. The molecule has 0 aliphatic rings. The standard InChI is InChI=1S/C15H26N2O2/c1-10-8-11(2)17-13(4)15(10)12(3)16-7-6-14(18)9-19-5/h8,12,14,16,18H,6-7,9H2,1-5H3. The lowest BCUT2D eigenvalue weighted by Gasteiger charge is -2.20. The maximum atomic E-state index is 9.60. The lowest BCUT2D eigenvalue weighted by molar-refractivity contribution is 0.0590. The third kappa shape index (κ3) is 4.90. The number of pyridine rings is 1. The summed E-state index contributed by atoms with van der Waals surface area (Å²) in [6, 6.07) is 2.35. The van der Waals surface area contributed by atoms with E-state index >= 15 is 0 Å². The highest BCUT2D eigenvalue weighted by atomic mass is 16.5. The average Bonchev–Trinajstić information content (AvgIpc) is 2.27. The summed E-state index contributed by atoms with van der Waals surface area (Å²) in [7, 11) is 1.60. The number of aliphatic hydroxyl groups excluding tert-OH is 1. The van der Waals surface area contributed by atoms with E-state index in [-0.39, 0.29) is 6.04 Å². The summed E-state index contributed by atoms with van der Waals surface area (Å²) in [5.74, 6) is 0. The quantitative estimate of drug-likeness (QED) is 0.793. The molecular formula is C15H26N2O2. The summed E-state index contributed by atoms with van der Waals surface area (Å²) in [4.78, 5) is 4.52. The van der Waals surface area contributed by atoms with Crippen LogP contribution in [-0.2, 0) is 4.74 Å². The van der Waals surface area contributed by atoms with Gasteiger partial charge in [0.05, 0.1) is 12.7 Å². The second kappa shape index (κ2) is 7.58. The highest BCUT2D eigenvalue weighted by molar-refractivity contribution is 5.33. The van der Waals surface area contributed by atoms with Crippen LogP contribution in [0.2, 0.25) is 0 Å². The van der Waals surface area contributed by atoms with Gasteiger partial charge >= 0.3 is 0 Å². The van der Waals surface area contributed by atoms with E-state index in [1.807, 2.05) is 13.8 Å². The monoisotopic (exact) mass is 266 g/mol. The lowest BCUT2D eigenvalue weighted by atomic mass is 10.0. The lowest BCUT2D eigenvalue weighted by Crippen LogP contribution is -2.26. The average molecular weight is 266 g/mol. The summed E-state index contributed by atoms with van der Waals surface area (Å²) < 4.78 is 4.91. The molecule has 2 N–H and O–H groups in total. The number of aliphatic hydroxyl groups is 1. The van der Waals surface area contributed by atoms with Crippen LogP contribution in [0.15, 0.2) is 6.07 Å². The molecule has 1 heterocycles. The van der Waals surface area contributed by atoms with Crippen molar-refractivity contribution in [3.63, 3.8) is 0 Å². The van der Waals surface area contributed by atoms with Crippen LogP contribution in [0.25, 0.3) is 0 Å². The molecule has 2 atom stereocenters. The van der Waals surface area contributed by atoms with Crippen molar-refractivity contribution in [3.05, 3.63) is 28.6 Å². The summed E-state index contributed by atoms with van der Waals surface area (Å²) in [6.07, 6.45) is 0.290. The SMILES string of the molecule is COCC(O)CCNC(C)c1c(C)cc(C)nc1C. The highest BCUT2D eigenvalue weighted by Gasteiger charge is 2.13. The van der Waals surface area contributed by atoms with Crippen LogP contribution in [0, 0.1) is 20.8 Å². The molecule has 0 amide bonds. The zero-order chi connectivity index (χ0) is 14.4. The van der Waals surface area contributed by atoms with Gasteiger partial charge in [0, 0.05) is 24.5 Å². The molecule has 108 valence electrons. The second-order valence-electron chi connectivity index (χ2n) is 5.15. The van der Waals surface area contributed by atoms with E-state index in [1.54, 1.807) is 7.11 Å². The Labute approximate surface area is 116 Å². The van der Waals surface area contributed by atoms with Crippen molar-refractivity contribution in [2.24, 2.45) is 0 Å². The molecule has 0 radical (unpaired) electrons. The molecule has 0 bridgehead atoms. The van der Waals surface area contributed by atoms with Gasteiger partial charge in [-0.05, 0) is 57.9 Å². The van der Waals surface area contributed by atoms with Crippen LogP contribution < -0.4 is 5.32 Å². The van der Waals surface area contributed by atoms with Crippen molar-refractivity contribution < 1.29 is 9.84 Å². The second-order valence-corrected chi connectivity index (χ2v) is 5.15. The van der Waals surface area contributed by atoms with Crippen molar-refractivity contribution >= 4 is 0 Å². The molecule has 1 aromatic rings. The molecule has 2 unspecified atom stereocenters. The molecule has 4 nitrogen and oxygen atoms in total. The molecule has 0 spiro atoms. The van der Waals surface area contributed by atoms with E-state index in [4.69, 9.17) is 4.74 Å². The van der Waals surface area contributed by atoms with Crippen LogP contribution in [-0.4, -0.2) is 36.5 Å². The van der Waals surface area contributed by atoms with Crippen LogP contribution in [0.3, 0.4) is 0 Å². The predicted molar refractivity (Wildman–Crippen MR) is 77.4 cm³/mol. The number of ether oxygens (including phenoxy) is 1. The van der Waals surface area contributed by atoms with Gasteiger partial charge in [0.25, 0.3) is 0 Å². The van der Waals surface area contributed by atoms with E-state index in [1.165, 1.54) is 11.1 Å². The Bertz CT molecular complexity index is 384. The number of aromatic nitrogens is 1. The molecule has 4 heteroatoms. The van der Waals surface area contributed by atoms with E-state index in [0.717, 1.165) is 17.9 Å². The minimum Gasteiger partial charge on any atom is -0.391 e. The Morgan fingerprint density at radius 2 is 2.05 bits per heavy atom. The Balaban J connectivity index is 2.56. The largest absolute Gasteiger partial charge is 0.391 e. The van der Waals surface area contributed by atoms with Crippen molar-refractivity contribution in [1.29, 1.82) is 0 Å². The van der Waals surface area contributed by atoms with Crippen LogP contribution in [0.5, 0.6) is 0 Å². The fraction of sp³-hybridized carbons (Fsp3) is 0.667. The Morgan fingerprint density at radius 3 is 2.63 bits per heavy atom. The normalized spacial score (nSPS) is 14.4. The summed E-state index contributed by atoms with van der Waals surface area (Å²) in [5, 5.41) is 13.0. The number of hydrogen-bond acceptors (Lipinski definition) is 4. The summed E-state index contributed by atoms with van der Waals surface area (Å²) >= 11 is 0. The Morgan fingerprint density at radius 1 is 1.37 bits per heavy atom. The van der Waals surface area contributed by atoms with Crippen LogP contribution in [0.4, 0.5) is 0 Å². The van der Waals surface area contributed by atoms with Gasteiger partial charge in [-0.25, -0.2) is 0 Å². The van der Waals surface area contributed by atoms with Crippen molar-refractivity contribution in [1.82, 2.24) is 10.3 Å². The number of methoxy groups -OCH3 is 1. The van der Waals surface area contributed by atoms with Gasteiger partial charge in [0.1, 0.15) is 0 Å². The van der Waals surface area contributed by atoms with Gasteiger partial charge in [-0.2, -0.15) is 0 Å². The molecule has 0 fully saturated rings. The van der Waals surface area contributed by atoms with Gasteiger partial charge in [-0.15, -0.1) is 0 Å². The molecular weight excluding hydrogens is 240 g/mol. The Hall–Kier alpha value is -0.970. The number of hydrogen-bond donors (Lipinski definition) is 2. The highest BCUT2D eigenvalue weighted by Crippen LogP contribution is 2.21. The molecule has 1 aromatic heterocycles. The Kier molecular flexibility index (Phi) is 6.42. The fourth-order valence-electron chi connectivity index (χ4n) is 2.53. The number of aryl methyl sites for hydroxylation is 3. The third-order valence-corrected chi connectivity index (χ3v) is 3.30. The van der Waals surface area contributed by atoms with Crippen molar-refractivity contribution in [3.8, 4) is 0 Å². The first-order valence-corrected chi connectivity index (χ1v) is 6.80. The first-order valence-electron chi connectivity index (χ1n) is 6.80. The zero-order valence-corrected chi connectivity index (χ0v) is 12.7. The fourth-order valence-corrected chi connectivity index (χ4v) is 2.53. The topological polar surface area (TPSA) is 54.4 Å².